The van der Waals surface area contributed by atoms with Gasteiger partial charge in [-0.3, -0.25) is 14.4 Å². The molecule has 0 bridgehead atoms. The van der Waals surface area contributed by atoms with Crippen LogP contribution in [0.25, 0.3) is 0 Å². The van der Waals surface area contributed by atoms with Gasteiger partial charge in [-0.05, 0) is 128 Å². The number of unbranched alkanes of at least 4 members (excludes halogenated alkanes) is 32. The fourth-order valence-corrected chi connectivity index (χ4v) is 9.08. The van der Waals surface area contributed by atoms with Gasteiger partial charge in [-0.2, -0.15) is 0 Å². The van der Waals surface area contributed by atoms with E-state index in [1.807, 2.05) is 0 Å². The van der Waals surface area contributed by atoms with Crippen LogP contribution in [0.5, 0.6) is 0 Å². The number of carbonyl (C=O) groups excluding carboxylic acids is 3. The van der Waals surface area contributed by atoms with Crippen LogP contribution in [0.1, 0.15) is 316 Å². The molecule has 0 fully saturated rings. The Morgan fingerprint density at radius 3 is 0.753 bits per heavy atom. The Balaban J connectivity index is 4.44. The van der Waals surface area contributed by atoms with Crippen LogP contribution in [0, 0.1) is 0 Å². The SMILES string of the molecule is CCCCC/C=C\C/C=C\C/C=C\CCCCCCCCC(=O)OCC(COC(=O)CCCCCCCCCCC/C=C\C/C=C\CCCCCCC)OC(=O)CCCCCCCC/C=C\C/C=C\C/C=C\CCCCC. The summed E-state index contributed by atoms with van der Waals surface area (Å²) in [4.78, 5) is 38.4. The van der Waals surface area contributed by atoms with Gasteiger partial charge in [-0.15, -0.1) is 0 Å². The average molecular weight is 1070 g/mol. The maximum absolute atomic E-state index is 12.9. The molecule has 0 N–H and O–H groups in total. The Morgan fingerprint density at radius 1 is 0.260 bits per heavy atom. The van der Waals surface area contributed by atoms with E-state index >= 15 is 0 Å². The zero-order valence-corrected chi connectivity index (χ0v) is 50.7. The lowest BCUT2D eigenvalue weighted by Gasteiger charge is -2.18. The third kappa shape index (κ3) is 63.0. The van der Waals surface area contributed by atoms with Gasteiger partial charge >= 0.3 is 17.9 Å². The Hall–Kier alpha value is -3.67. The summed E-state index contributed by atoms with van der Waals surface area (Å²) in [6.07, 6.45) is 86.8. The molecule has 6 nitrogen and oxygen atoms in total. The largest absolute Gasteiger partial charge is 0.462 e. The second-order valence-corrected chi connectivity index (χ2v) is 21.7. The molecule has 0 aromatic carbocycles. The summed E-state index contributed by atoms with van der Waals surface area (Å²) in [7, 11) is 0. The van der Waals surface area contributed by atoms with Crippen molar-refractivity contribution in [3.05, 3.63) is 97.2 Å². The van der Waals surface area contributed by atoms with E-state index in [-0.39, 0.29) is 31.1 Å². The zero-order chi connectivity index (χ0) is 55.7. The molecular formula is C71H122O6. The molecule has 0 radical (unpaired) electrons. The van der Waals surface area contributed by atoms with E-state index < -0.39 is 6.10 Å². The number of esters is 3. The normalized spacial score (nSPS) is 12.7. The van der Waals surface area contributed by atoms with Crippen molar-refractivity contribution in [1.82, 2.24) is 0 Å². The van der Waals surface area contributed by atoms with E-state index in [4.69, 9.17) is 14.2 Å². The van der Waals surface area contributed by atoms with Crippen LogP contribution in [-0.2, 0) is 28.6 Å². The summed E-state index contributed by atoms with van der Waals surface area (Å²) in [5, 5.41) is 0. The van der Waals surface area contributed by atoms with Gasteiger partial charge in [0, 0.05) is 19.3 Å². The average Bonchev–Trinajstić information content (AvgIpc) is 3.43. The molecule has 0 saturated carbocycles. The summed E-state index contributed by atoms with van der Waals surface area (Å²) < 4.78 is 16.9. The number of hydrogen-bond acceptors (Lipinski definition) is 6. The van der Waals surface area contributed by atoms with Gasteiger partial charge in [0.25, 0.3) is 0 Å². The number of ether oxygens (including phenoxy) is 3. The van der Waals surface area contributed by atoms with Crippen molar-refractivity contribution in [2.75, 3.05) is 13.2 Å². The summed E-state index contributed by atoms with van der Waals surface area (Å²) in [6.45, 7) is 6.58. The highest BCUT2D eigenvalue weighted by atomic mass is 16.6. The first-order valence-corrected chi connectivity index (χ1v) is 32.7. The minimum absolute atomic E-state index is 0.0893. The minimum atomic E-state index is -0.795. The van der Waals surface area contributed by atoms with Gasteiger partial charge in [-0.25, -0.2) is 0 Å². The van der Waals surface area contributed by atoms with Crippen LogP contribution in [0.15, 0.2) is 97.2 Å². The lowest BCUT2D eigenvalue weighted by molar-refractivity contribution is -0.167. The minimum Gasteiger partial charge on any atom is -0.462 e. The van der Waals surface area contributed by atoms with Crippen LogP contribution in [0.2, 0.25) is 0 Å². The molecule has 0 amide bonds. The van der Waals surface area contributed by atoms with Crippen LogP contribution < -0.4 is 0 Å². The number of rotatable bonds is 59. The standard InChI is InChI=1S/C71H122O6/c1-4-7-10-13-16-19-22-25-28-31-34-35-38-40-43-46-49-52-55-58-61-64-70(73)76-67-68(77-71(74)65-62-59-56-53-50-47-44-41-37-33-30-27-24-21-18-15-12-9-6-3)66-75-69(72)63-60-57-54-51-48-45-42-39-36-32-29-26-23-20-17-14-11-8-5-2/h17-18,20-22,25-27,29-31,34,36-37,39,41,68H,4-16,19,23-24,28,32-33,35,38,40,42-67H2,1-3H3/b20-17-,21-18-,25-22-,29-26-,30-27-,34-31-,39-36-,41-37-. The van der Waals surface area contributed by atoms with Gasteiger partial charge in [0.05, 0.1) is 0 Å². The predicted octanol–water partition coefficient (Wildman–Crippen LogP) is 22.4. The maximum atomic E-state index is 12.9. The van der Waals surface area contributed by atoms with Crippen molar-refractivity contribution in [2.24, 2.45) is 0 Å². The van der Waals surface area contributed by atoms with Gasteiger partial charge in [-0.1, -0.05) is 266 Å². The molecule has 0 spiro atoms. The smallest absolute Gasteiger partial charge is 0.306 e. The van der Waals surface area contributed by atoms with Crippen molar-refractivity contribution < 1.29 is 28.6 Å². The molecule has 0 aromatic heterocycles. The van der Waals surface area contributed by atoms with Gasteiger partial charge in [0.1, 0.15) is 13.2 Å². The lowest BCUT2D eigenvalue weighted by Crippen LogP contribution is -2.30. The predicted molar refractivity (Wildman–Crippen MR) is 334 cm³/mol. The van der Waals surface area contributed by atoms with Gasteiger partial charge < -0.3 is 14.2 Å². The molecular weight excluding hydrogens is 949 g/mol. The highest BCUT2D eigenvalue weighted by Crippen LogP contribution is 2.15. The molecule has 0 saturated heterocycles. The van der Waals surface area contributed by atoms with E-state index in [2.05, 4.69) is 118 Å². The molecule has 0 heterocycles. The first kappa shape index (κ1) is 73.3. The maximum Gasteiger partial charge on any atom is 0.306 e. The summed E-state index contributed by atoms with van der Waals surface area (Å²) in [5.74, 6) is -0.908. The van der Waals surface area contributed by atoms with Crippen molar-refractivity contribution in [3.8, 4) is 0 Å². The fraction of sp³-hybridized carbons (Fsp3) is 0.732. The number of allylic oxidation sites excluding steroid dienone is 16. The summed E-state index contributed by atoms with van der Waals surface area (Å²) in [5.41, 5.74) is 0. The summed E-state index contributed by atoms with van der Waals surface area (Å²) in [6, 6.07) is 0. The summed E-state index contributed by atoms with van der Waals surface area (Å²) >= 11 is 0. The van der Waals surface area contributed by atoms with Crippen molar-refractivity contribution in [1.29, 1.82) is 0 Å². The molecule has 77 heavy (non-hydrogen) atoms. The molecule has 0 aliphatic carbocycles. The Bertz CT molecular complexity index is 1510. The van der Waals surface area contributed by atoms with Crippen molar-refractivity contribution >= 4 is 17.9 Å². The molecule has 0 rings (SSSR count). The molecule has 1 atom stereocenters. The van der Waals surface area contributed by atoms with Crippen LogP contribution in [0.3, 0.4) is 0 Å². The first-order chi connectivity index (χ1) is 38.0. The number of hydrogen-bond donors (Lipinski definition) is 0. The Kier molecular flexibility index (Phi) is 61.8. The van der Waals surface area contributed by atoms with Crippen molar-refractivity contribution in [2.45, 2.75) is 322 Å². The van der Waals surface area contributed by atoms with Crippen LogP contribution in [0.4, 0.5) is 0 Å². The quantitative estimate of drug-likeness (QED) is 0.0261. The van der Waals surface area contributed by atoms with E-state index in [9.17, 15) is 14.4 Å². The third-order valence-corrected chi connectivity index (χ3v) is 14.0. The second-order valence-electron chi connectivity index (χ2n) is 21.7. The Labute approximate surface area is 477 Å². The monoisotopic (exact) mass is 1070 g/mol. The third-order valence-electron chi connectivity index (χ3n) is 14.0. The molecule has 1 unspecified atom stereocenters. The van der Waals surface area contributed by atoms with Crippen molar-refractivity contribution in [3.63, 3.8) is 0 Å². The fourth-order valence-electron chi connectivity index (χ4n) is 9.08. The molecule has 0 aliphatic rings. The van der Waals surface area contributed by atoms with E-state index in [1.165, 1.54) is 167 Å². The lowest BCUT2D eigenvalue weighted by atomic mass is 10.1. The highest BCUT2D eigenvalue weighted by molar-refractivity contribution is 5.71. The first-order valence-electron chi connectivity index (χ1n) is 32.7. The van der Waals surface area contributed by atoms with Crippen LogP contribution >= 0.6 is 0 Å². The van der Waals surface area contributed by atoms with E-state index in [1.54, 1.807) is 0 Å². The number of carbonyl (C=O) groups is 3. The molecule has 442 valence electrons. The second kappa shape index (κ2) is 64.9. The van der Waals surface area contributed by atoms with E-state index in [0.717, 1.165) is 109 Å². The Morgan fingerprint density at radius 2 is 0.468 bits per heavy atom. The molecule has 0 aliphatic heterocycles. The highest BCUT2D eigenvalue weighted by Gasteiger charge is 2.19. The zero-order valence-electron chi connectivity index (χ0n) is 50.7. The molecule has 6 heteroatoms. The van der Waals surface area contributed by atoms with Crippen LogP contribution in [-0.4, -0.2) is 37.2 Å². The molecule has 0 aromatic rings. The van der Waals surface area contributed by atoms with Gasteiger partial charge in [0.15, 0.2) is 6.10 Å². The van der Waals surface area contributed by atoms with E-state index in [0.29, 0.717) is 19.3 Å². The van der Waals surface area contributed by atoms with Gasteiger partial charge in [0.2, 0.25) is 0 Å². The topological polar surface area (TPSA) is 78.9 Å².